The monoisotopic (exact) mass is 388 g/mol. The lowest BCUT2D eigenvalue weighted by Gasteiger charge is -2.30. The number of hydrogen-bond acceptors (Lipinski definition) is 2. The Kier molecular flexibility index (Phi) is 3.27. The van der Waals surface area contributed by atoms with Crippen molar-refractivity contribution in [2.75, 3.05) is 7.11 Å². The number of rotatable bonds is 3. The van der Waals surface area contributed by atoms with E-state index in [-0.39, 0.29) is 33.9 Å². The minimum atomic E-state index is -0.357. The number of alkyl halides is 2. The third kappa shape index (κ3) is 2.21. The quantitative estimate of drug-likeness (QED) is 0.744. The maximum absolute atomic E-state index is 12.4. The van der Waals surface area contributed by atoms with Crippen LogP contribution < -0.4 is 4.74 Å². The molecule has 0 spiro atoms. The second-order valence-corrected chi connectivity index (χ2v) is 7.03. The lowest BCUT2D eigenvalue weighted by atomic mass is 10.1. The highest BCUT2D eigenvalue weighted by atomic mass is 79.9. The molecule has 3 nitrogen and oxygen atoms in total. The first-order valence-electron chi connectivity index (χ1n) is 6.76. The van der Waals surface area contributed by atoms with Gasteiger partial charge in [-0.15, -0.1) is 0 Å². The third-order valence-electron chi connectivity index (χ3n) is 3.83. The second-order valence-electron chi connectivity index (χ2n) is 4.91. The van der Waals surface area contributed by atoms with Crippen LogP contribution in [0.15, 0.2) is 24.3 Å². The number of carbonyl (C=O) groups excluding carboxylic acids is 1. The molecule has 2 bridgehead atoms. The Balaban J connectivity index is 1.79. The zero-order chi connectivity index (χ0) is 14.4. The van der Waals surface area contributed by atoms with Gasteiger partial charge in [0.15, 0.2) is 0 Å². The number of amides is 1. The van der Waals surface area contributed by atoms with Gasteiger partial charge in [-0.3, -0.25) is 4.79 Å². The van der Waals surface area contributed by atoms with Crippen molar-refractivity contribution in [3.05, 3.63) is 29.8 Å². The Morgan fingerprint density at radius 1 is 1.42 bits per heavy atom. The summed E-state index contributed by atoms with van der Waals surface area (Å²) in [6.07, 6.45) is -0.357. The van der Waals surface area contributed by atoms with Crippen molar-refractivity contribution in [3.8, 4) is 5.75 Å². The Morgan fingerprint density at radius 3 is 2.68 bits per heavy atom. The van der Waals surface area contributed by atoms with E-state index in [0.717, 1.165) is 11.3 Å². The van der Waals surface area contributed by atoms with Crippen molar-refractivity contribution in [1.29, 1.82) is 0 Å². The van der Waals surface area contributed by atoms with Gasteiger partial charge in [0.05, 0.1) is 19.1 Å². The van der Waals surface area contributed by atoms with Crippen molar-refractivity contribution in [1.82, 2.24) is 4.90 Å². The topological polar surface area (TPSA) is 29.5 Å². The molecular formula is C14H15Br2NO2. The number of nitrogens with zero attached hydrogens (tertiary/aromatic N) is 1. The van der Waals surface area contributed by atoms with E-state index in [1.165, 1.54) is 0 Å². The fourth-order valence-electron chi connectivity index (χ4n) is 2.82. The molecular weight excluding hydrogens is 374 g/mol. The Hall–Kier alpha value is -0.550. The van der Waals surface area contributed by atoms with Crippen molar-refractivity contribution in [2.24, 2.45) is 5.92 Å². The Morgan fingerprint density at radius 2 is 2.11 bits per heavy atom. The predicted octanol–water partition coefficient (Wildman–Crippen LogP) is 2.95. The Bertz CT molecular complexity index is 524. The molecule has 5 atom stereocenters. The lowest BCUT2D eigenvalue weighted by molar-refractivity contribution is -0.134. The molecule has 1 amide bonds. The summed E-state index contributed by atoms with van der Waals surface area (Å²) in [5.74, 6) is 0.664. The zero-order valence-corrected chi connectivity index (χ0v) is 13.6. The number of likely N-dealkylation sites (tertiary alicyclic amines) is 1. The third-order valence-corrected chi connectivity index (χ3v) is 5.78. The number of piperidine rings is 1. The maximum atomic E-state index is 12.4. The van der Waals surface area contributed by atoms with Crippen LogP contribution in [-0.2, 0) is 11.3 Å². The van der Waals surface area contributed by atoms with Gasteiger partial charge in [-0.1, -0.05) is 44.0 Å². The minimum absolute atomic E-state index is 0.0350. The van der Waals surface area contributed by atoms with E-state index in [2.05, 4.69) is 31.9 Å². The summed E-state index contributed by atoms with van der Waals surface area (Å²) in [7, 11) is 1.64. The molecule has 19 heavy (non-hydrogen) atoms. The van der Waals surface area contributed by atoms with E-state index in [1.807, 2.05) is 29.2 Å². The first-order chi connectivity index (χ1) is 9.54. The van der Waals surface area contributed by atoms with Crippen LogP contribution in [0.25, 0.3) is 0 Å². The molecule has 1 heterocycles. The standard InChI is InChI=1S/C14H15Br2NO2/c1-19-9-4-2-8(3-5-9)7-17-13-11(15)6-10(12(13)16)14(17)18/h2-5,10-13H,6-7H2,1H3/t10-,11-,12+,13+/m0/s1/i6D/t6?,10-,11-,12+,13+. The van der Waals surface area contributed by atoms with E-state index >= 15 is 0 Å². The van der Waals surface area contributed by atoms with E-state index < -0.39 is 0 Å². The van der Waals surface area contributed by atoms with E-state index in [4.69, 9.17) is 6.11 Å². The average Bonchev–Trinajstić information content (AvgIpc) is 2.81. The highest BCUT2D eigenvalue weighted by molar-refractivity contribution is 9.10. The van der Waals surface area contributed by atoms with Crippen LogP contribution in [0.3, 0.4) is 0 Å². The zero-order valence-electron chi connectivity index (χ0n) is 11.4. The van der Waals surface area contributed by atoms with E-state index in [9.17, 15) is 4.79 Å². The second kappa shape index (κ2) is 5.09. The average molecular weight is 390 g/mol. The van der Waals surface area contributed by atoms with Gasteiger partial charge < -0.3 is 9.64 Å². The summed E-state index contributed by atoms with van der Waals surface area (Å²) < 4.78 is 13.2. The molecule has 1 saturated carbocycles. The van der Waals surface area contributed by atoms with Crippen LogP contribution in [0, 0.1) is 5.92 Å². The first kappa shape index (κ1) is 12.2. The molecule has 3 rings (SSSR count). The molecule has 1 aliphatic heterocycles. The highest BCUT2D eigenvalue weighted by Gasteiger charge is 2.55. The molecule has 0 aromatic heterocycles. The number of fused-ring (bicyclic) bond motifs is 2. The molecule has 1 aromatic rings. The van der Waals surface area contributed by atoms with Gasteiger partial charge in [0.1, 0.15) is 5.75 Å². The molecule has 102 valence electrons. The van der Waals surface area contributed by atoms with E-state index in [0.29, 0.717) is 6.54 Å². The molecule has 0 N–H and O–H groups in total. The first-order valence-corrected chi connectivity index (χ1v) is 8.01. The number of hydrogen-bond donors (Lipinski definition) is 0. The van der Waals surface area contributed by atoms with Gasteiger partial charge in [0, 0.05) is 17.6 Å². The van der Waals surface area contributed by atoms with Crippen molar-refractivity contribution in [3.63, 3.8) is 0 Å². The van der Waals surface area contributed by atoms with Crippen LogP contribution in [0.4, 0.5) is 0 Å². The smallest absolute Gasteiger partial charge is 0.227 e. The van der Waals surface area contributed by atoms with Crippen molar-refractivity contribution < 1.29 is 10.9 Å². The molecule has 0 radical (unpaired) electrons. The van der Waals surface area contributed by atoms with Gasteiger partial charge >= 0.3 is 0 Å². The van der Waals surface area contributed by atoms with Gasteiger partial charge in [-0.2, -0.15) is 0 Å². The van der Waals surface area contributed by atoms with Gasteiger partial charge in [0.2, 0.25) is 5.91 Å². The predicted molar refractivity (Wildman–Crippen MR) is 80.9 cm³/mol. The van der Waals surface area contributed by atoms with E-state index in [1.54, 1.807) is 7.11 Å². The summed E-state index contributed by atoms with van der Waals surface area (Å²) in [4.78, 5) is 14.4. The van der Waals surface area contributed by atoms with Crippen LogP contribution in [0.1, 0.15) is 13.3 Å². The van der Waals surface area contributed by atoms with Gasteiger partial charge in [-0.05, 0) is 24.1 Å². The minimum Gasteiger partial charge on any atom is -0.497 e. The fourth-order valence-corrected chi connectivity index (χ4v) is 5.19. The molecule has 1 aromatic carbocycles. The molecule has 1 aliphatic carbocycles. The summed E-state index contributed by atoms with van der Waals surface area (Å²) in [5.41, 5.74) is 1.08. The van der Waals surface area contributed by atoms with Crippen LogP contribution in [0.2, 0.25) is 0 Å². The molecule has 5 heteroatoms. The lowest BCUT2D eigenvalue weighted by Crippen LogP contribution is -2.42. The van der Waals surface area contributed by atoms with Crippen molar-refractivity contribution in [2.45, 2.75) is 28.6 Å². The fraction of sp³-hybridized carbons (Fsp3) is 0.500. The van der Waals surface area contributed by atoms with Gasteiger partial charge in [-0.25, -0.2) is 0 Å². The SMILES string of the molecule is [2H]C1[C@H](Br)[C@@H]2[C@H](Br)[C@H]1C(=O)N2Cc1ccc(OC)cc1. The number of ether oxygens (including phenoxy) is 1. The Labute approximate surface area is 131 Å². The number of carbonyl (C=O) groups is 1. The highest BCUT2D eigenvalue weighted by Crippen LogP contribution is 2.46. The number of methoxy groups -OCH3 is 1. The van der Waals surface area contributed by atoms with Crippen LogP contribution in [0.5, 0.6) is 5.75 Å². The normalized spacial score (nSPS) is 37.6. The molecule has 2 fully saturated rings. The van der Waals surface area contributed by atoms with Crippen molar-refractivity contribution >= 4 is 37.8 Å². The summed E-state index contributed by atoms with van der Waals surface area (Å²) >= 11 is 7.17. The van der Waals surface area contributed by atoms with Crippen LogP contribution >= 0.6 is 31.9 Å². The maximum Gasteiger partial charge on any atom is 0.227 e. The molecule has 1 saturated heterocycles. The number of halogens is 2. The van der Waals surface area contributed by atoms with Gasteiger partial charge in [0.25, 0.3) is 0 Å². The summed E-state index contributed by atoms with van der Waals surface area (Å²) in [6.45, 7) is 0.584. The summed E-state index contributed by atoms with van der Waals surface area (Å²) in [6, 6.07) is 7.81. The molecule has 1 unspecified atom stereocenters. The largest absolute Gasteiger partial charge is 0.497 e. The number of benzene rings is 1. The molecule has 2 aliphatic rings. The summed E-state index contributed by atoms with van der Waals surface area (Å²) in [5, 5.41) is 0. The van der Waals surface area contributed by atoms with Crippen LogP contribution in [-0.4, -0.2) is 33.6 Å².